The molecule has 0 atom stereocenters. The maximum Gasteiger partial charge on any atom is 0.466 e. The van der Waals surface area contributed by atoms with Gasteiger partial charge in [-0.3, -0.25) is 0 Å². The van der Waals surface area contributed by atoms with Crippen molar-refractivity contribution in [3.8, 4) is 0 Å². The molecule has 0 aromatic rings. The Kier molecular flexibility index (Phi) is 11.6. The molecule has 0 saturated carbocycles. The molecule has 0 spiro atoms. The summed E-state index contributed by atoms with van der Waals surface area (Å²) in [5.41, 5.74) is 0. The summed E-state index contributed by atoms with van der Waals surface area (Å²) in [6.07, 6.45) is 0.833. The van der Waals surface area contributed by atoms with Crippen LogP contribution in [0.5, 0.6) is 0 Å². The lowest BCUT2D eigenvalue weighted by Crippen LogP contribution is -1.82. The molecule has 15 heavy (non-hydrogen) atoms. The van der Waals surface area contributed by atoms with Crippen LogP contribution in [0.25, 0.3) is 0 Å². The highest BCUT2D eigenvalue weighted by Gasteiger charge is 2.00. The van der Waals surface area contributed by atoms with Crippen molar-refractivity contribution in [3.05, 3.63) is 12.7 Å². The van der Waals surface area contributed by atoms with Gasteiger partial charge in [0.15, 0.2) is 0 Å². The van der Waals surface area contributed by atoms with Gasteiger partial charge in [0.1, 0.15) is 0 Å². The molecule has 0 aromatic heterocycles. The van der Waals surface area contributed by atoms with E-state index in [1.807, 2.05) is 0 Å². The molecule has 0 amide bonds. The average Bonchev–Trinajstić information content (AvgIpc) is 1.79. The number of phosphoric acid groups is 2. The van der Waals surface area contributed by atoms with E-state index in [1.54, 1.807) is 0 Å². The third-order valence-corrected chi connectivity index (χ3v) is 0.175. The van der Waals surface area contributed by atoms with Crippen molar-refractivity contribution >= 4 is 21.6 Å². The number of aliphatic carboxylic acids is 1. The van der Waals surface area contributed by atoms with E-state index >= 15 is 0 Å². The molecule has 0 heterocycles. The van der Waals surface area contributed by atoms with Crippen molar-refractivity contribution in [1.82, 2.24) is 0 Å². The van der Waals surface area contributed by atoms with Gasteiger partial charge in [-0.15, -0.1) is 0 Å². The largest absolute Gasteiger partial charge is 0.478 e. The quantitative estimate of drug-likeness (QED) is 0.215. The normalized spacial score (nSPS) is 10.0. The summed E-state index contributed by atoms with van der Waals surface area (Å²) in [5, 5.41) is 7.60. The first-order chi connectivity index (χ1) is 6.27. The predicted molar refractivity (Wildman–Crippen MR) is 46.4 cm³/mol. The summed E-state index contributed by atoms with van der Waals surface area (Å²) in [4.78, 5) is 52.4. The minimum absolute atomic E-state index is 0.833. The zero-order chi connectivity index (χ0) is 13.3. The molecule has 0 saturated heterocycles. The summed E-state index contributed by atoms with van der Waals surface area (Å²) in [6, 6.07) is 0. The second kappa shape index (κ2) is 8.72. The summed E-state index contributed by atoms with van der Waals surface area (Å²) >= 11 is 0. The van der Waals surface area contributed by atoms with Crippen molar-refractivity contribution in [3.63, 3.8) is 0 Å². The van der Waals surface area contributed by atoms with Crippen molar-refractivity contribution in [2.45, 2.75) is 0 Å². The predicted octanol–water partition coefficient (Wildman–Crippen LogP) is -1.60. The maximum absolute atomic E-state index is 9.25. The molecule has 10 nitrogen and oxygen atoms in total. The van der Waals surface area contributed by atoms with Crippen molar-refractivity contribution in [1.29, 1.82) is 0 Å². The Morgan fingerprint density at radius 2 is 1.00 bits per heavy atom. The van der Waals surface area contributed by atoms with Gasteiger partial charge in [-0.05, 0) is 0 Å². The SMILES string of the molecule is C=CC(=O)O.O=P(O)(O)O.O=P(O)(O)O. The minimum Gasteiger partial charge on any atom is -0.478 e. The van der Waals surface area contributed by atoms with Gasteiger partial charge in [0.2, 0.25) is 0 Å². The van der Waals surface area contributed by atoms with Gasteiger partial charge in [-0.2, -0.15) is 0 Å². The number of carboxylic acids is 1. The highest BCUT2D eigenvalue weighted by Crippen LogP contribution is 2.26. The van der Waals surface area contributed by atoms with Gasteiger partial charge in [0, 0.05) is 6.08 Å². The van der Waals surface area contributed by atoms with E-state index in [0.29, 0.717) is 0 Å². The molecular formula is C3H10O10P2. The van der Waals surface area contributed by atoms with Crippen LogP contribution >= 0.6 is 15.6 Å². The van der Waals surface area contributed by atoms with E-state index < -0.39 is 21.6 Å². The van der Waals surface area contributed by atoms with Crippen LogP contribution in [0.2, 0.25) is 0 Å². The van der Waals surface area contributed by atoms with Crippen molar-refractivity contribution < 1.29 is 48.4 Å². The van der Waals surface area contributed by atoms with E-state index in [2.05, 4.69) is 6.58 Å². The van der Waals surface area contributed by atoms with Crippen LogP contribution < -0.4 is 0 Å². The van der Waals surface area contributed by atoms with E-state index in [1.165, 1.54) is 0 Å². The van der Waals surface area contributed by atoms with Gasteiger partial charge < -0.3 is 34.5 Å². The zero-order valence-corrected chi connectivity index (χ0v) is 8.82. The second-order valence-corrected chi connectivity index (χ2v) is 3.62. The minimum atomic E-state index is -4.64. The smallest absolute Gasteiger partial charge is 0.466 e. The molecule has 92 valence electrons. The number of carbonyl (C=O) groups is 1. The number of hydrogen-bond donors (Lipinski definition) is 7. The Bertz CT molecular complexity index is 234. The van der Waals surface area contributed by atoms with Crippen LogP contribution in [-0.4, -0.2) is 40.4 Å². The van der Waals surface area contributed by atoms with Crippen LogP contribution in [0.3, 0.4) is 0 Å². The average molecular weight is 268 g/mol. The first-order valence-electron chi connectivity index (χ1n) is 2.69. The van der Waals surface area contributed by atoms with Gasteiger partial charge in [-0.1, -0.05) is 6.58 Å². The fraction of sp³-hybridized carbons (Fsp3) is 0. The molecule has 12 heteroatoms. The molecular weight excluding hydrogens is 258 g/mol. The molecule has 0 unspecified atom stereocenters. The highest BCUT2D eigenvalue weighted by molar-refractivity contribution is 7.45. The zero-order valence-electron chi connectivity index (χ0n) is 7.03. The summed E-state index contributed by atoms with van der Waals surface area (Å²) in [7, 11) is -9.28. The summed E-state index contributed by atoms with van der Waals surface area (Å²) < 4.78 is 17.8. The van der Waals surface area contributed by atoms with Gasteiger partial charge in [0.25, 0.3) is 0 Å². The molecule has 0 aliphatic carbocycles. The number of hydrogen-bond acceptors (Lipinski definition) is 3. The van der Waals surface area contributed by atoms with Crippen molar-refractivity contribution in [2.24, 2.45) is 0 Å². The highest BCUT2D eigenvalue weighted by atomic mass is 31.2. The number of rotatable bonds is 1. The lowest BCUT2D eigenvalue weighted by atomic mass is 10.7. The van der Waals surface area contributed by atoms with E-state index in [4.69, 9.17) is 43.6 Å². The third-order valence-electron chi connectivity index (χ3n) is 0.175. The fourth-order valence-corrected chi connectivity index (χ4v) is 0. The number of carboxylic acid groups (broad SMARTS) is 1. The lowest BCUT2D eigenvalue weighted by Gasteiger charge is -1.82. The van der Waals surface area contributed by atoms with Crippen LogP contribution in [0.1, 0.15) is 0 Å². The maximum atomic E-state index is 9.25. The molecule has 0 aliphatic rings. The summed E-state index contributed by atoms with van der Waals surface area (Å²) in [5.74, 6) is -0.981. The topological polar surface area (TPSA) is 193 Å². The van der Waals surface area contributed by atoms with Crippen molar-refractivity contribution in [2.75, 3.05) is 0 Å². The first kappa shape index (κ1) is 19.9. The van der Waals surface area contributed by atoms with E-state index in [-0.39, 0.29) is 0 Å². The molecule has 0 bridgehead atoms. The monoisotopic (exact) mass is 268 g/mol. The first-order valence-corrected chi connectivity index (χ1v) is 5.82. The second-order valence-electron chi connectivity index (χ2n) is 1.57. The lowest BCUT2D eigenvalue weighted by molar-refractivity contribution is -0.131. The third kappa shape index (κ3) is 858. The van der Waals surface area contributed by atoms with Gasteiger partial charge >= 0.3 is 21.6 Å². The Hall–Kier alpha value is -0.570. The molecule has 0 aromatic carbocycles. The van der Waals surface area contributed by atoms with E-state index in [9.17, 15) is 4.79 Å². The van der Waals surface area contributed by atoms with Crippen LogP contribution in [0.15, 0.2) is 12.7 Å². The summed E-state index contributed by atoms with van der Waals surface area (Å²) in [6.45, 7) is 2.96. The van der Waals surface area contributed by atoms with Crippen LogP contribution in [-0.2, 0) is 13.9 Å². The fourth-order valence-electron chi connectivity index (χ4n) is 0. The van der Waals surface area contributed by atoms with Crippen LogP contribution in [0, 0.1) is 0 Å². The molecule has 0 fully saturated rings. The standard InChI is InChI=1S/C3H4O2.2H3O4P/c1-2-3(4)5;2*1-5(2,3)4/h2H,1H2,(H,4,5);2*(H3,1,2,3,4). The van der Waals surface area contributed by atoms with Gasteiger partial charge in [0.05, 0.1) is 0 Å². The molecule has 7 N–H and O–H groups in total. The van der Waals surface area contributed by atoms with Gasteiger partial charge in [-0.25, -0.2) is 13.9 Å². The van der Waals surface area contributed by atoms with Crippen LogP contribution in [0.4, 0.5) is 0 Å². The van der Waals surface area contributed by atoms with E-state index in [0.717, 1.165) is 6.08 Å². The molecule has 0 rings (SSSR count). The molecule has 0 aliphatic heterocycles. The Labute approximate surface area is 83.6 Å². The Balaban J connectivity index is -0.000000144. The Morgan fingerprint density at radius 1 is 0.933 bits per heavy atom. The molecule has 0 radical (unpaired) electrons. The Morgan fingerprint density at radius 3 is 1.00 bits per heavy atom.